The number of nitrogens with zero attached hydrogens (tertiary/aromatic N) is 3. The lowest BCUT2D eigenvalue weighted by atomic mass is 10.4. The molecule has 0 saturated carbocycles. The second kappa shape index (κ2) is 6.56. The van der Waals surface area contributed by atoms with Gasteiger partial charge >= 0.3 is 0 Å². The highest BCUT2D eigenvalue weighted by Crippen LogP contribution is 2.07. The van der Waals surface area contributed by atoms with E-state index in [1.807, 2.05) is 6.26 Å². The van der Waals surface area contributed by atoms with E-state index < -0.39 is 0 Å². The molecule has 0 bridgehead atoms. The third-order valence-electron chi connectivity index (χ3n) is 1.54. The Morgan fingerprint density at radius 1 is 1.50 bits per heavy atom. The lowest BCUT2D eigenvalue weighted by Gasteiger charge is -2.03. The fourth-order valence-electron chi connectivity index (χ4n) is 0.881. The van der Waals surface area contributed by atoms with E-state index >= 15 is 0 Å². The normalized spacial score (nSPS) is 10.1. The van der Waals surface area contributed by atoms with Crippen LogP contribution in [0.3, 0.4) is 0 Å². The van der Waals surface area contributed by atoms with Crippen molar-refractivity contribution in [2.45, 2.75) is 11.6 Å². The van der Waals surface area contributed by atoms with Crippen LogP contribution in [0, 0.1) is 0 Å². The molecule has 1 N–H and O–H groups in total. The molecule has 6 heteroatoms. The van der Waals surface area contributed by atoms with Gasteiger partial charge in [-0.05, 0) is 12.7 Å². The fourth-order valence-corrected chi connectivity index (χ4v) is 1.21. The first-order valence-corrected chi connectivity index (χ1v) is 5.55. The van der Waals surface area contributed by atoms with Crippen molar-refractivity contribution < 1.29 is 4.74 Å². The van der Waals surface area contributed by atoms with Gasteiger partial charge in [0.15, 0.2) is 5.16 Å². The zero-order chi connectivity index (χ0) is 10.2. The van der Waals surface area contributed by atoms with Crippen molar-refractivity contribution in [3.8, 4) is 0 Å². The minimum atomic E-state index is 0.625. The predicted molar refractivity (Wildman–Crippen MR) is 56.6 cm³/mol. The standard InChI is InChI=1S/C8H14N4OS/c1-13-5-3-4-9-7-10-6-11-8(12-7)14-2/h6H,3-5H2,1-2H3,(H,9,10,11,12). The second-order valence-corrected chi connectivity index (χ2v) is 3.34. The third-order valence-corrected chi connectivity index (χ3v) is 2.10. The largest absolute Gasteiger partial charge is 0.385 e. The first kappa shape index (κ1) is 11.2. The molecule has 0 fully saturated rings. The summed E-state index contributed by atoms with van der Waals surface area (Å²) in [5.74, 6) is 0.625. The molecule has 0 spiro atoms. The van der Waals surface area contributed by atoms with Crippen LogP contribution in [0.4, 0.5) is 5.95 Å². The summed E-state index contributed by atoms with van der Waals surface area (Å²) in [4.78, 5) is 12.2. The van der Waals surface area contributed by atoms with E-state index in [0.29, 0.717) is 5.95 Å². The summed E-state index contributed by atoms with van der Waals surface area (Å²) >= 11 is 1.50. The molecular formula is C8H14N4OS. The van der Waals surface area contributed by atoms with Crippen LogP contribution in [0.5, 0.6) is 0 Å². The highest BCUT2D eigenvalue weighted by Gasteiger charge is 1.97. The number of thioether (sulfide) groups is 1. The second-order valence-electron chi connectivity index (χ2n) is 2.57. The SMILES string of the molecule is COCCCNc1ncnc(SC)n1. The summed E-state index contributed by atoms with van der Waals surface area (Å²) in [6, 6.07) is 0. The number of hydrogen-bond acceptors (Lipinski definition) is 6. The monoisotopic (exact) mass is 214 g/mol. The summed E-state index contributed by atoms with van der Waals surface area (Å²) in [7, 11) is 1.69. The van der Waals surface area contributed by atoms with Crippen molar-refractivity contribution in [3.05, 3.63) is 6.33 Å². The van der Waals surface area contributed by atoms with Crippen LogP contribution in [-0.4, -0.2) is 41.5 Å². The van der Waals surface area contributed by atoms with Crippen LogP contribution < -0.4 is 5.32 Å². The molecule has 0 aliphatic rings. The van der Waals surface area contributed by atoms with Gasteiger partial charge in [-0.3, -0.25) is 0 Å². The molecule has 0 amide bonds. The molecule has 0 radical (unpaired) electrons. The minimum Gasteiger partial charge on any atom is -0.385 e. The van der Waals surface area contributed by atoms with Crippen molar-refractivity contribution in [3.63, 3.8) is 0 Å². The van der Waals surface area contributed by atoms with Crippen molar-refractivity contribution >= 4 is 17.7 Å². The molecule has 1 aromatic heterocycles. The highest BCUT2D eigenvalue weighted by molar-refractivity contribution is 7.98. The molecule has 14 heavy (non-hydrogen) atoms. The van der Waals surface area contributed by atoms with Crippen LogP contribution in [0.2, 0.25) is 0 Å². The smallest absolute Gasteiger partial charge is 0.226 e. The van der Waals surface area contributed by atoms with Crippen molar-refractivity contribution in [2.75, 3.05) is 31.8 Å². The zero-order valence-electron chi connectivity index (χ0n) is 8.36. The molecule has 0 aliphatic carbocycles. The number of rotatable bonds is 6. The quantitative estimate of drug-likeness (QED) is 0.564. The van der Waals surface area contributed by atoms with Gasteiger partial charge in [0.25, 0.3) is 0 Å². The average molecular weight is 214 g/mol. The molecular weight excluding hydrogens is 200 g/mol. The topological polar surface area (TPSA) is 59.9 Å². The maximum Gasteiger partial charge on any atom is 0.226 e. The molecule has 78 valence electrons. The van der Waals surface area contributed by atoms with Crippen molar-refractivity contribution in [1.82, 2.24) is 15.0 Å². The molecule has 0 unspecified atom stereocenters. The lowest BCUT2D eigenvalue weighted by Crippen LogP contribution is -2.08. The molecule has 1 heterocycles. The number of aromatic nitrogens is 3. The van der Waals surface area contributed by atoms with E-state index in [0.717, 1.165) is 24.7 Å². The van der Waals surface area contributed by atoms with Gasteiger partial charge in [0.2, 0.25) is 5.95 Å². The zero-order valence-corrected chi connectivity index (χ0v) is 9.17. The summed E-state index contributed by atoms with van der Waals surface area (Å²) in [5.41, 5.74) is 0. The van der Waals surface area contributed by atoms with Gasteiger partial charge in [0.1, 0.15) is 6.33 Å². The van der Waals surface area contributed by atoms with Crippen LogP contribution in [-0.2, 0) is 4.74 Å². The van der Waals surface area contributed by atoms with E-state index in [9.17, 15) is 0 Å². The Bertz CT molecular complexity index is 271. The van der Waals surface area contributed by atoms with Gasteiger partial charge in [0, 0.05) is 20.3 Å². The number of hydrogen-bond donors (Lipinski definition) is 1. The summed E-state index contributed by atoms with van der Waals surface area (Å²) in [6.07, 6.45) is 4.39. The Hall–Kier alpha value is -0.880. The molecule has 1 rings (SSSR count). The average Bonchev–Trinajstić information content (AvgIpc) is 2.25. The summed E-state index contributed by atoms with van der Waals surface area (Å²) < 4.78 is 4.93. The van der Waals surface area contributed by atoms with Gasteiger partial charge in [0.05, 0.1) is 0 Å². The first-order valence-electron chi connectivity index (χ1n) is 4.32. The van der Waals surface area contributed by atoms with Crippen molar-refractivity contribution in [2.24, 2.45) is 0 Å². The number of nitrogens with one attached hydrogen (secondary N) is 1. The Morgan fingerprint density at radius 2 is 2.36 bits per heavy atom. The predicted octanol–water partition coefficient (Wildman–Crippen LogP) is 1.04. The van der Waals surface area contributed by atoms with Crippen molar-refractivity contribution in [1.29, 1.82) is 0 Å². The maximum absolute atomic E-state index is 4.93. The molecule has 5 nitrogen and oxygen atoms in total. The van der Waals surface area contributed by atoms with Gasteiger partial charge < -0.3 is 10.1 Å². The molecule has 0 aliphatic heterocycles. The van der Waals surface area contributed by atoms with Crippen LogP contribution >= 0.6 is 11.8 Å². The van der Waals surface area contributed by atoms with Gasteiger partial charge in [-0.1, -0.05) is 11.8 Å². The van der Waals surface area contributed by atoms with Gasteiger partial charge in [-0.2, -0.15) is 4.98 Å². The van der Waals surface area contributed by atoms with Crippen LogP contribution in [0.1, 0.15) is 6.42 Å². The molecule has 0 aromatic carbocycles. The molecule has 0 saturated heterocycles. The van der Waals surface area contributed by atoms with E-state index in [2.05, 4.69) is 20.3 Å². The Labute approximate surface area is 87.7 Å². The highest BCUT2D eigenvalue weighted by atomic mass is 32.2. The van der Waals surface area contributed by atoms with E-state index in [4.69, 9.17) is 4.74 Å². The Kier molecular flexibility index (Phi) is 5.24. The number of anilines is 1. The molecule has 0 atom stereocenters. The Morgan fingerprint density at radius 3 is 3.07 bits per heavy atom. The summed E-state index contributed by atoms with van der Waals surface area (Å²) in [6.45, 7) is 1.55. The van der Waals surface area contributed by atoms with E-state index in [1.54, 1.807) is 7.11 Å². The van der Waals surface area contributed by atoms with Gasteiger partial charge in [-0.25, -0.2) is 9.97 Å². The summed E-state index contributed by atoms with van der Waals surface area (Å²) in [5, 5.41) is 3.83. The Balaban J connectivity index is 2.34. The lowest BCUT2D eigenvalue weighted by molar-refractivity contribution is 0.197. The van der Waals surface area contributed by atoms with Crippen LogP contribution in [0.25, 0.3) is 0 Å². The van der Waals surface area contributed by atoms with E-state index in [1.165, 1.54) is 18.1 Å². The number of ether oxygens (including phenoxy) is 1. The maximum atomic E-state index is 4.93. The van der Waals surface area contributed by atoms with Gasteiger partial charge in [-0.15, -0.1) is 0 Å². The first-order chi connectivity index (χ1) is 6.86. The van der Waals surface area contributed by atoms with E-state index in [-0.39, 0.29) is 0 Å². The fraction of sp³-hybridized carbons (Fsp3) is 0.625. The third kappa shape index (κ3) is 3.89. The number of methoxy groups -OCH3 is 1. The minimum absolute atomic E-state index is 0.625. The van der Waals surface area contributed by atoms with Crippen LogP contribution in [0.15, 0.2) is 11.5 Å². The molecule has 1 aromatic rings.